The van der Waals surface area contributed by atoms with E-state index in [0.29, 0.717) is 5.75 Å². The van der Waals surface area contributed by atoms with Crippen molar-refractivity contribution in [3.63, 3.8) is 0 Å². The maximum absolute atomic E-state index is 13.7. The highest BCUT2D eigenvalue weighted by molar-refractivity contribution is 6.30. The number of nitrogens with one attached hydrogen (secondary N) is 1. The van der Waals surface area contributed by atoms with Gasteiger partial charge in [0.2, 0.25) is 0 Å². The number of hydrogen-bond acceptors (Lipinski definition) is 4. The molecule has 5 nitrogen and oxygen atoms in total. The second kappa shape index (κ2) is 8.67. The van der Waals surface area contributed by atoms with Crippen molar-refractivity contribution in [1.82, 2.24) is 0 Å². The summed E-state index contributed by atoms with van der Waals surface area (Å²) in [6.07, 6.45) is -1.11. The summed E-state index contributed by atoms with van der Waals surface area (Å²) >= 11 is 5.66. The largest absolute Gasteiger partial charge is 0.482 e. The molecule has 7 heteroatoms. The van der Waals surface area contributed by atoms with Crippen LogP contribution in [0.1, 0.15) is 18.1 Å². The Hall–Kier alpha value is -2.60. The number of anilines is 1. The molecular formula is C19H19ClFNO4. The molecule has 0 aliphatic heterocycles. The minimum atomic E-state index is -1.11. The summed E-state index contributed by atoms with van der Waals surface area (Å²) in [6.45, 7) is 4.87. The summed E-state index contributed by atoms with van der Waals surface area (Å²) in [7, 11) is 0. The summed E-state index contributed by atoms with van der Waals surface area (Å²) < 4.78 is 24.1. The predicted octanol–water partition coefficient (Wildman–Crippen LogP) is 4.05. The molecular weight excluding hydrogens is 361 g/mol. The van der Waals surface area contributed by atoms with E-state index in [1.807, 2.05) is 26.0 Å². The van der Waals surface area contributed by atoms with E-state index in [0.717, 1.165) is 17.2 Å². The lowest BCUT2D eigenvalue weighted by molar-refractivity contribution is -0.155. The minimum Gasteiger partial charge on any atom is -0.482 e. The fraction of sp³-hybridized carbons (Fsp3) is 0.263. The predicted molar refractivity (Wildman–Crippen MR) is 97.0 cm³/mol. The summed E-state index contributed by atoms with van der Waals surface area (Å²) in [5.41, 5.74) is 1.91. The Morgan fingerprint density at radius 1 is 1.23 bits per heavy atom. The number of carbonyl (C=O) groups is 2. The van der Waals surface area contributed by atoms with Crippen molar-refractivity contribution in [2.75, 3.05) is 11.9 Å². The first-order chi connectivity index (χ1) is 12.3. The van der Waals surface area contributed by atoms with Crippen LogP contribution in [0, 0.1) is 19.7 Å². The van der Waals surface area contributed by atoms with Crippen molar-refractivity contribution in [1.29, 1.82) is 0 Å². The number of halogens is 2. The van der Waals surface area contributed by atoms with Gasteiger partial charge in [-0.3, -0.25) is 4.79 Å². The highest BCUT2D eigenvalue weighted by Gasteiger charge is 2.19. The molecule has 0 saturated heterocycles. The van der Waals surface area contributed by atoms with Crippen molar-refractivity contribution in [2.45, 2.75) is 26.9 Å². The molecule has 1 amide bonds. The Morgan fingerprint density at radius 3 is 2.65 bits per heavy atom. The molecule has 0 fully saturated rings. The van der Waals surface area contributed by atoms with Gasteiger partial charge in [0.25, 0.3) is 5.91 Å². The van der Waals surface area contributed by atoms with E-state index in [9.17, 15) is 14.0 Å². The first-order valence-electron chi connectivity index (χ1n) is 7.92. The lowest BCUT2D eigenvalue weighted by Crippen LogP contribution is -2.32. The molecule has 0 heterocycles. The van der Waals surface area contributed by atoms with Crippen LogP contribution in [-0.4, -0.2) is 24.6 Å². The zero-order valence-electron chi connectivity index (χ0n) is 14.6. The van der Waals surface area contributed by atoms with Crippen LogP contribution in [0.25, 0.3) is 0 Å². The van der Waals surface area contributed by atoms with E-state index < -0.39 is 23.8 Å². The molecule has 0 saturated carbocycles. The molecule has 0 aliphatic carbocycles. The third kappa shape index (κ3) is 5.20. The van der Waals surface area contributed by atoms with Crippen molar-refractivity contribution < 1.29 is 23.5 Å². The van der Waals surface area contributed by atoms with Gasteiger partial charge in [-0.15, -0.1) is 0 Å². The van der Waals surface area contributed by atoms with E-state index in [1.54, 1.807) is 6.07 Å². The zero-order valence-corrected chi connectivity index (χ0v) is 15.4. The number of ether oxygens (including phenoxy) is 2. The maximum Gasteiger partial charge on any atom is 0.344 e. The molecule has 2 aromatic carbocycles. The molecule has 0 aliphatic rings. The Kier molecular flexibility index (Phi) is 6.58. The molecule has 138 valence electrons. The highest BCUT2D eigenvalue weighted by Crippen LogP contribution is 2.21. The molecule has 0 unspecified atom stereocenters. The lowest BCUT2D eigenvalue weighted by atomic mass is 10.1. The Balaban J connectivity index is 1.87. The van der Waals surface area contributed by atoms with Crippen LogP contribution in [0.2, 0.25) is 5.02 Å². The first kappa shape index (κ1) is 19.7. The SMILES string of the molecule is Cc1cccc(OCC(=O)O[C@@H](C)C(=O)Nc2ccc(Cl)cc2F)c1C. The van der Waals surface area contributed by atoms with Gasteiger partial charge >= 0.3 is 5.97 Å². The van der Waals surface area contributed by atoms with Gasteiger partial charge in [-0.05, 0) is 56.2 Å². The molecule has 2 aromatic rings. The van der Waals surface area contributed by atoms with Crippen LogP contribution in [0.5, 0.6) is 5.75 Å². The molecule has 0 spiro atoms. The number of hydrogen-bond donors (Lipinski definition) is 1. The lowest BCUT2D eigenvalue weighted by Gasteiger charge is -2.15. The van der Waals surface area contributed by atoms with Gasteiger partial charge < -0.3 is 14.8 Å². The van der Waals surface area contributed by atoms with E-state index in [4.69, 9.17) is 21.1 Å². The third-order valence-electron chi connectivity index (χ3n) is 3.77. The standard InChI is InChI=1S/C19H19ClFNO4/c1-11-5-4-6-17(12(11)2)25-10-18(23)26-13(3)19(24)22-16-8-7-14(20)9-15(16)21/h4-9,13H,10H2,1-3H3,(H,22,24)/t13-/m0/s1. The average molecular weight is 380 g/mol. The second-order valence-corrected chi connectivity index (χ2v) is 6.17. The monoisotopic (exact) mass is 379 g/mol. The summed E-state index contributed by atoms with van der Waals surface area (Å²) in [5, 5.41) is 2.55. The summed E-state index contributed by atoms with van der Waals surface area (Å²) in [4.78, 5) is 23.9. The number of aryl methyl sites for hydroxylation is 1. The minimum absolute atomic E-state index is 0.0473. The van der Waals surface area contributed by atoms with Crippen LogP contribution in [0.15, 0.2) is 36.4 Å². The Labute approximate surface area is 156 Å². The quantitative estimate of drug-likeness (QED) is 0.769. The third-order valence-corrected chi connectivity index (χ3v) is 4.00. The van der Waals surface area contributed by atoms with Crippen LogP contribution >= 0.6 is 11.6 Å². The molecule has 0 radical (unpaired) electrons. The zero-order chi connectivity index (χ0) is 19.3. The van der Waals surface area contributed by atoms with Crippen molar-refractivity contribution in [2.24, 2.45) is 0 Å². The Bertz CT molecular complexity index is 825. The molecule has 0 aromatic heterocycles. The van der Waals surface area contributed by atoms with Crippen molar-refractivity contribution in [3.05, 3.63) is 58.4 Å². The number of rotatable bonds is 6. The highest BCUT2D eigenvalue weighted by atomic mass is 35.5. The van der Waals surface area contributed by atoms with Crippen molar-refractivity contribution >= 4 is 29.2 Å². The van der Waals surface area contributed by atoms with Gasteiger partial charge in [-0.25, -0.2) is 9.18 Å². The molecule has 1 N–H and O–H groups in total. The number of amides is 1. The van der Waals surface area contributed by atoms with E-state index in [-0.39, 0.29) is 17.3 Å². The van der Waals surface area contributed by atoms with Crippen LogP contribution in [0.4, 0.5) is 10.1 Å². The van der Waals surface area contributed by atoms with E-state index >= 15 is 0 Å². The molecule has 2 rings (SSSR count). The van der Waals surface area contributed by atoms with Crippen LogP contribution in [0.3, 0.4) is 0 Å². The summed E-state index contributed by atoms with van der Waals surface area (Å²) in [6, 6.07) is 9.34. The fourth-order valence-electron chi connectivity index (χ4n) is 2.13. The van der Waals surface area contributed by atoms with Gasteiger partial charge in [0.15, 0.2) is 12.7 Å². The molecule has 26 heavy (non-hydrogen) atoms. The van der Waals surface area contributed by atoms with Crippen LogP contribution < -0.4 is 10.1 Å². The maximum atomic E-state index is 13.7. The van der Waals surface area contributed by atoms with Crippen molar-refractivity contribution in [3.8, 4) is 5.75 Å². The molecule has 0 bridgehead atoms. The number of esters is 1. The summed E-state index contributed by atoms with van der Waals surface area (Å²) in [5.74, 6) is -1.47. The van der Waals surface area contributed by atoms with Gasteiger partial charge in [-0.2, -0.15) is 0 Å². The van der Waals surface area contributed by atoms with Gasteiger partial charge in [-0.1, -0.05) is 23.7 Å². The topological polar surface area (TPSA) is 64.6 Å². The average Bonchev–Trinajstić information content (AvgIpc) is 2.58. The van der Waals surface area contributed by atoms with Gasteiger partial charge in [0.05, 0.1) is 5.69 Å². The smallest absolute Gasteiger partial charge is 0.344 e. The van der Waals surface area contributed by atoms with Gasteiger partial charge in [0, 0.05) is 5.02 Å². The first-order valence-corrected chi connectivity index (χ1v) is 8.30. The molecule has 1 atom stereocenters. The normalized spacial score (nSPS) is 11.6. The van der Waals surface area contributed by atoms with Crippen LogP contribution in [-0.2, 0) is 14.3 Å². The van der Waals surface area contributed by atoms with E-state index in [1.165, 1.54) is 19.1 Å². The second-order valence-electron chi connectivity index (χ2n) is 5.73. The fourth-order valence-corrected chi connectivity index (χ4v) is 2.29. The Morgan fingerprint density at radius 2 is 1.96 bits per heavy atom. The number of benzene rings is 2. The van der Waals surface area contributed by atoms with Gasteiger partial charge in [0.1, 0.15) is 11.6 Å². The number of carbonyl (C=O) groups excluding carboxylic acids is 2. The van der Waals surface area contributed by atoms with E-state index in [2.05, 4.69) is 5.32 Å².